The molecule has 0 saturated carbocycles. The lowest BCUT2D eigenvalue weighted by Crippen LogP contribution is -2.23. The van der Waals surface area contributed by atoms with Gasteiger partial charge < -0.3 is 9.73 Å². The monoisotopic (exact) mass is 311 g/mol. The molecule has 3 aromatic rings. The molecule has 116 valence electrons. The highest BCUT2D eigenvalue weighted by atomic mass is 19.1. The highest BCUT2D eigenvalue weighted by Crippen LogP contribution is 2.18. The van der Waals surface area contributed by atoms with E-state index in [4.69, 9.17) is 4.42 Å². The quantitative estimate of drug-likeness (QED) is 0.756. The maximum atomic E-state index is 13.4. The molecule has 0 fully saturated rings. The van der Waals surface area contributed by atoms with Crippen LogP contribution in [0.3, 0.4) is 0 Å². The van der Waals surface area contributed by atoms with Crippen LogP contribution in [0.1, 0.15) is 21.5 Å². The number of hydrogen-bond acceptors (Lipinski definition) is 3. The van der Waals surface area contributed by atoms with Crippen molar-refractivity contribution in [2.45, 2.75) is 13.5 Å². The van der Waals surface area contributed by atoms with E-state index in [9.17, 15) is 14.0 Å². The van der Waals surface area contributed by atoms with Gasteiger partial charge in [0.25, 0.3) is 5.91 Å². The molecule has 0 aliphatic rings. The molecule has 4 nitrogen and oxygen atoms in total. The van der Waals surface area contributed by atoms with E-state index in [0.29, 0.717) is 22.1 Å². The molecule has 3 rings (SSSR count). The summed E-state index contributed by atoms with van der Waals surface area (Å²) in [4.78, 5) is 23.7. The Morgan fingerprint density at radius 1 is 1.13 bits per heavy atom. The van der Waals surface area contributed by atoms with Crippen LogP contribution in [0.4, 0.5) is 4.39 Å². The van der Waals surface area contributed by atoms with Crippen LogP contribution in [-0.4, -0.2) is 5.91 Å². The van der Waals surface area contributed by atoms with Crippen molar-refractivity contribution in [1.29, 1.82) is 0 Å². The molecule has 0 aliphatic heterocycles. The van der Waals surface area contributed by atoms with E-state index in [1.54, 1.807) is 12.1 Å². The number of benzene rings is 2. The van der Waals surface area contributed by atoms with Gasteiger partial charge in [0.15, 0.2) is 0 Å². The number of fused-ring (bicyclic) bond motifs is 1. The molecule has 0 bridgehead atoms. The lowest BCUT2D eigenvalue weighted by atomic mass is 10.1. The second-order valence-electron chi connectivity index (χ2n) is 5.28. The summed E-state index contributed by atoms with van der Waals surface area (Å²) in [5, 5.41) is 3.20. The zero-order valence-electron chi connectivity index (χ0n) is 12.4. The third kappa shape index (κ3) is 3.29. The minimum Gasteiger partial charge on any atom is -0.423 e. The average molecular weight is 311 g/mol. The normalized spacial score (nSPS) is 10.7. The van der Waals surface area contributed by atoms with Crippen molar-refractivity contribution in [2.75, 3.05) is 0 Å². The highest BCUT2D eigenvalue weighted by Gasteiger charge is 2.09. The molecule has 23 heavy (non-hydrogen) atoms. The number of rotatable bonds is 3. The average Bonchev–Trinajstić information content (AvgIpc) is 2.53. The molecule has 0 aliphatic carbocycles. The van der Waals surface area contributed by atoms with E-state index in [2.05, 4.69) is 5.32 Å². The van der Waals surface area contributed by atoms with Gasteiger partial charge in [0.1, 0.15) is 11.4 Å². The molecule has 0 saturated heterocycles. The number of carbonyl (C=O) groups is 1. The Kier molecular flexibility index (Phi) is 3.93. The molecule has 0 atom stereocenters. The molecule has 1 amide bonds. The Balaban J connectivity index is 1.86. The van der Waals surface area contributed by atoms with E-state index < -0.39 is 11.4 Å². The second-order valence-corrected chi connectivity index (χ2v) is 5.28. The zero-order valence-corrected chi connectivity index (χ0v) is 12.4. The SMILES string of the molecule is Cc1ccc(C(=O)NCc2cc(=O)oc3ccc(F)cc23)cc1. The molecule has 0 unspecified atom stereocenters. The van der Waals surface area contributed by atoms with Gasteiger partial charge in [0.05, 0.1) is 0 Å². The first-order chi connectivity index (χ1) is 11.0. The lowest BCUT2D eigenvalue weighted by Gasteiger charge is -2.08. The Morgan fingerprint density at radius 3 is 2.61 bits per heavy atom. The van der Waals surface area contributed by atoms with Crippen molar-refractivity contribution in [3.8, 4) is 0 Å². The molecule has 0 radical (unpaired) electrons. The van der Waals surface area contributed by atoms with Crippen LogP contribution in [0, 0.1) is 12.7 Å². The molecule has 5 heteroatoms. The fraction of sp³-hybridized carbons (Fsp3) is 0.111. The maximum Gasteiger partial charge on any atom is 0.336 e. The van der Waals surface area contributed by atoms with Crippen LogP contribution in [0.2, 0.25) is 0 Å². The van der Waals surface area contributed by atoms with Gasteiger partial charge in [-0.1, -0.05) is 17.7 Å². The predicted molar refractivity (Wildman–Crippen MR) is 84.8 cm³/mol. The van der Waals surface area contributed by atoms with E-state index in [0.717, 1.165) is 5.56 Å². The van der Waals surface area contributed by atoms with Crippen molar-refractivity contribution >= 4 is 16.9 Å². The van der Waals surface area contributed by atoms with Crippen LogP contribution in [0.15, 0.2) is 57.7 Å². The van der Waals surface area contributed by atoms with E-state index >= 15 is 0 Å². The van der Waals surface area contributed by atoms with Crippen LogP contribution in [-0.2, 0) is 6.54 Å². The third-order valence-corrected chi connectivity index (χ3v) is 3.54. The Hall–Kier alpha value is -2.95. The summed E-state index contributed by atoms with van der Waals surface area (Å²) in [5.74, 6) is -0.694. The van der Waals surface area contributed by atoms with Gasteiger partial charge in [0.2, 0.25) is 0 Å². The van der Waals surface area contributed by atoms with E-state index in [1.807, 2.05) is 19.1 Å². The summed E-state index contributed by atoms with van der Waals surface area (Å²) < 4.78 is 18.4. The zero-order chi connectivity index (χ0) is 16.4. The van der Waals surface area contributed by atoms with Crippen molar-refractivity contribution in [2.24, 2.45) is 0 Å². The first-order valence-corrected chi connectivity index (χ1v) is 7.10. The van der Waals surface area contributed by atoms with Gasteiger partial charge in [-0.25, -0.2) is 9.18 Å². The molecule has 1 aromatic heterocycles. The number of hydrogen-bond donors (Lipinski definition) is 1. The van der Waals surface area contributed by atoms with Crippen LogP contribution in [0.25, 0.3) is 11.0 Å². The van der Waals surface area contributed by atoms with Crippen molar-refractivity contribution < 1.29 is 13.6 Å². The van der Waals surface area contributed by atoms with E-state index in [1.165, 1.54) is 24.3 Å². The predicted octanol–water partition coefficient (Wildman–Crippen LogP) is 3.17. The molecule has 2 aromatic carbocycles. The summed E-state index contributed by atoms with van der Waals surface area (Å²) in [5.41, 5.74) is 1.84. The minimum atomic E-state index is -0.538. The summed E-state index contributed by atoms with van der Waals surface area (Å²) >= 11 is 0. The molecular weight excluding hydrogens is 297 g/mol. The number of nitrogens with one attached hydrogen (secondary N) is 1. The summed E-state index contributed by atoms with van der Waals surface area (Å²) in [6.45, 7) is 2.05. The van der Waals surface area contributed by atoms with Crippen molar-refractivity contribution in [3.63, 3.8) is 0 Å². The standard InChI is InChI=1S/C18H14FNO3/c1-11-2-4-12(5-3-11)18(22)20-10-13-8-17(21)23-16-7-6-14(19)9-15(13)16/h2-9H,10H2,1H3,(H,20,22). The molecule has 1 heterocycles. The summed E-state index contributed by atoms with van der Waals surface area (Å²) in [6.07, 6.45) is 0. The first-order valence-electron chi connectivity index (χ1n) is 7.10. The summed E-state index contributed by atoms with van der Waals surface area (Å²) in [6, 6.07) is 12.3. The first kappa shape index (κ1) is 15.0. The second kappa shape index (κ2) is 6.04. The third-order valence-electron chi connectivity index (χ3n) is 3.54. The largest absolute Gasteiger partial charge is 0.423 e. The fourth-order valence-electron chi connectivity index (χ4n) is 2.33. The lowest BCUT2D eigenvalue weighted by molar-refractivity contribution is 0.0951. The van der Waals surface area contributed by atoms with Gasteiger partial charge in [-0.05, 0) is 42.8 Å². The van der Waals surface area contributed by atoms with E-state index in [-0.39, 0.29) is 12.5 Å². The Morgan fingerprint density at radius 2 is 1.87 bits per heavy atom. The Labute approximate surface area is 131 Å². The van der Waals surface area contributed by atoms with Gasteiger partial charge in [-0.2, -0.15) is 0 Å². The van der Waals surface area contributed by atoms with Gasteiger partial charge >= 0.3 is 5.63 Å². The Bertz CT molecular complexity index is 929. The fourth-order valence-corrected chi connectivity index (χ4v) is 2.33. The molecular formula is C18H14FNO3. The van der Waals surface area contributed by atoms with Gasteiger partial charge in [-0.15, -0.1) is 0 Å². The van der Waals surface area contributed by atoms with Crippen molar-refractivity contribution in [1.82, 2.24) is 5.32 Å². The van der Waals surface area contributed by atoms with Gasteiger partial charge in [-0.3, -0.25) is 4.79 Å². The molecule has 0 spiro atoms. The number of halogens is 1. The van der Waals surface area contributed by atoms with Crippen LogP contribution < -0.4 is 10.9 Å². The highest BCUT2D eigenvalue weighted by molar-refractivity contribution is 5.94. The topological polar surface area (TPSA) is 59.3 Å². The maximum absolute atomic E-state index is 13.4. The number of carbonyl (C=O) groups excluding carboxylic acids is 1. The summed E-state index contributed by atoms with van der Waals surface area (Å²) in [7, 11) is 0. The van der Waals surface area contributed by atoms with Crippen molar-refractivity contribution in [3.05, 3.63) is 81.5 Å². The van der Waals surface area contributed by atoms with Crippen LogP contribution >= 0.6 is 0 Å². The van der Waals surface area contributed by atoms with Crippen LogP contribution in [0.5, 0.6) is 0 Å². The minimum absolute atomic E-state index is 0.109. The number of aryl methyl sites for hydroxylation is 1. The molecule has 1 N–H and O–H groups in total. The van der Waals surface area contributed by atoms with Gasteiger partial charge in [0, 0.05) is 23.6 Å². The smallest absolute Gasteiger partial charge is 0.336 e. The number of amides is 1.